The molecule has 140 valence electrons. The van der Waals surface area contributed by atoms with E-state index >= 15 is 0 Å². The lowest BCUT2D eigenvalue weighted by molar-refractivity contribution is 0.0584. The summed E-state index contributed by atoms with van der Waals surface area (Å²) in [5.74, 6) is 0. The molecular weight excluding hydrogens is 320 g/mol. The first-order chi connectivity index (χ1) is 12.6. The van der Waals surface area contributed by atoms with E-state index in [1.807, 2.05) is 48.5 Å². The van der Waals surface area contributed by atoms with Crippen LogP contribution in [0.4, 0.5) is 0 Å². The molecule has 1 aliphatic heterocycles. The molecule has 0 radical (unpaired) electrons. The van der Waals surface area contributed by atoms with E-state index in [1.165, 1.54) is 19.3 Å². The van der Waals surface area contributed by atoms with Crippen LogP contribution in [-0.2, 0) is 5.60 Å². The maximum absolute atomic E-state index is 11.5. The first-order valence-electron chi connectivity index (χ1n) is 10.1. The molecule has 1 aromatic heterocycles. The fourth-order valence-corrected chi connectivity index (χ4v) is 4.33. The zero-order valence-electron chi connectivity index (χ0n) is 16.1. The monoisotopic (exact) mass is 352 g/mol. The quantitative estimate of drug-likeness (QED) is 0.731. The van der Waals surface area contributed by atoms with Gasteiger partial charge in [0.25, 0.3) is 0 Å². The summed E-state index contributed by atoms with van der Waals surface area (Å²) in [7, 11) is 0. The van der Waals surface area contributed by atoms with Crippen LogP contribution in [0.15, 0.2) is 54.7 Å². The Kier molecular flexibility index (Phi) is 6.44. The molecule has 0 saturated carbocycles. The average Bonchev–Trinajstić information content (AvgIpc) is 2.68. The van der Waals surface area contributed by atoms with Gasteiger partial charge in [0.2, 0.25) is 0 Å². The zero-order valence-corrected chi connectivity index (χ0v) is 16.1. The van der Waals surface area contributed by atoms with Crippen molar-refractivity contribution in [3.8, 4) is 0 Å². The minimum Gasteiger partial charge on any atom is -0.379 e. The van der Waals surface area contributed by atoms with Crippen LogP contribution >= 0.6 is 0 Å². The maximum atomic E-state index is 11.5. The molecule has 3 nitrogen and oxygen atoms in total. The summed E-state index contributed by atoms with van der Waals surface area (Å²) < 4.78 is 0. The van der Waals surface area contributed by atoms with E-state index in [0.717, 1.165) is 30.6 Å². The van der Waals surface area contributed by atoms with Gasteiger partial charge in [0.15, 0.2) is 0 Å². The van der Waals surface area contributed by atoms with Crippen LogP contribution in [0.1, 0.15) is 63.6 Å². The van der Waals surface area contributed by atoms with Crippen LogP contribution in [0, 0.1) is 0 Å². The number of rotatable bonds is 7. The van der Waals surface area contributed by atoms with Crippen molar-refractivity contribution in [2.75, 3.05) is 6.54 Å². The van der Waals surface area contributed by atoms with Gasteiger partial charge in [-0.2, -0.15) is 0 Å². The average molecular weight is 353 g/mol. The zero-order chi connectivity index (χ0) is 18.4. The number of likely N-dealkylation sites (tertiary alicyclic amines) is 1. The summed E-state index contributed by atoms with van der Waals surface area (Å²) in [6, 6.07) is 17.1. The van der Waals surface area contributed by atoms with Crippen molar-refractivity contribution in [1.82, 2.24) is 9.88 Å². The van der Waals surface area contributed by atoms with E-state index in [0.29, 0.717) is 18.5 Å². The summed E-state index contributed by atoms with van der Waals surface area (Å²) in [5, 5.41) is 11.5. The van der Waals surface area contributed by atoms with Gasteiger partial charge in [-0.3, -0.25) is 9.88 Å². The van der Waals surface area contributed by atoms with Crippen molar-refractivity contribution < 1.29 is 5.11 Å². The minimum atomic E-state index is -1.01. The number of hydrogen-bond acceptors (Lipinski definition) is 3. The molecule has 3 rings (SSSR count). The molecule has 2 aromatic rings. The number of aliphatic hydroxyl groups is 1. The second kappa shape index (κ2) is 8.79. The van der Waals surface area contributed by atoms with Gasteiger partial charge >= 0.3 is 0 Å². The molecule has 1 N–H and O–H groups in total. The molecule has 1 saturated heterocycles. The number of unbranched alkanes of at least 4 members (excludes halogenated alkanes) is 1. The molecule has 3 heteroatoms. The fraction of sp³-hybridized carbons (Fsp3) is 0.522. The molecule has 0 amide bonds. The third-order valence-corrected chi connectivity index (χ3v) is 5.92. The normalized spacial score (nSPS) is 23.5. The van der Waals surface area contributed by atoms with E-state index in [2.05, 4.69) is 23.7 Å². The van der Waals surface area contributed by atoms with E-state index in [4.69, 9.17) is 0 Å². The fourth-order valence-electron chi connectivity index (χ4n) is 4.33. The number of hydrogen-bond donors (Lipinski definition) is 1. The van der Waals surface area contributed by atoms with Gasteiger partial charge < -0.3 is 5.11 Å². The van der Waals surface area contributed by atoms with Crippen molar-refractivity contribution >= 4 is 0 Å². The Balaban J connectivity index is 1.66. The second-order valence-corrected chi connectivity index (χ2v) is 7.77. The highest BCUT2D eigenvalue weighted by Gasteiger charge is 2.32. The van der Waals surface area contributed by atoms with Crippen LogP contribution < -0.4 is 0 Å². The SMILES string of the molecule is C[C@@H]1CCC[C@@H](C)N1CCCC[C@@](O)(c1ccccc1)c1ccccn1. The third-order valence-electron chi connectivity index (χ3n) is 5.92. The van der Waals surface area contributed by atoms with Gasteiger partial charge in [0, 0.05) is 18.3 Å². The molecule has 26 heavy (non-hydrogen) atoms. The Morgan fingerprint density at radius 3 is 2.35 bits per heavy atom. The molecule has 0 unspecified atom stereocenters. The molecule has 1 aromatic carbocycles. The van der Waals surface area contributed by atoms with Crippen LogP contribution in [0.2, 0.25) is 0 Å². The number of nitrogens with zero attached hydrogens (tertiary/aromatic N) is 2. The van der Waals surface area contributed by atoms with Crippen LogP contribution in [0.25, 0.3) is 0 Å². The van der Waals surface area contributed by atoms with Gasteiger partial charge in [-0.25, -0.2) is 0 Å². The van der Waals surface area contributed by atoms with E-state index < -0.39 is 5.60 Å². The lowest BCUT2D eigenvalue weighted by Gasteiger charge is -2.39. The Morgan fingerprint density at radius 1 is 1.00 bits per heavy atom. The number of aromatic nitrogens is 1. The smallest absolute Gasteiger partial charge is 0.131 e. The third kappa shape index (κ3) is 4.33. The van der Waals surface area contributed by atoms with Gasteiger partial charge in [-0.05, 0) is 70.2 Å². The van der Waals surface area contributed by atoms with Crippen molar-refractivity contribution in [1.29, 1.82) is 0 Å². The topological polar surface area (TPSA) is 36.4 Å². The summed E-state index contributed by atoms with van der Waals surface area (Å²) in [6.45, 7) is 5.82. The first-order valence-corrected chi connectivity index (χ1v) is 10.1. The van der Waals surface area contributed by atoms with Gasteiger partial charge in [0.1, 0.15) is 5.60 Å². The molecule has 0 spiro atoms. The van der Waals surface area contributed by atoms with Crippen LogP contribution in [0.3, 0.4) is 0 Å². The molecule has 1 aliphatic rings. The molecule has 0 aliphatic carbocycles. The Labute approximate surface area is 158 Å². The Bertz CT molecular complexity index is 609. The molecule has 2 heterocycles. The predicted octanol–water partition coefficient (Wildman–Crippen LogP) is 4.75. The Hall–Kier alpha value is -1.71. The van der Waals surface area contributed by atoms with E-state index in [9.17, 15) is 5.11 Å². The van der Waals surface area contributed by atoms with Gasteiger partial charge in [0.05, 0.1) is 5.69 Å². The van der Waals surface area contributed by atoms with Gasteiger partial charge in [-0.15, -0.1) is 0 Å². The molecule has 3 atom stereocenters. The second-order valence-electron chi connectivity index (χ2n) is 7.77. The number of piperidine rings is 1. The molecule has 0 bridgehead atoms. The summed E-state index contributed by atoms with van der Waals surface area (Å²) >= 11 is 0. The van der Waals surface area contributed by atoms with Crippen molar-refractivity contribution in [3.63, 3.8) is 0 Å². The van der Waals surface area contributed by atoms with E-state index in [-0.39, 0.29) is 0 Å². The maximum Gasteiger partial charge on any atom is 0.131 e. The Morgan fingerprint density at radius 2 is 1.69 bits per heavy atom. The largest absolute Gasteiger partial charge is 0.379 e. The molecule has 1 fully saturated rings. The number of benzene rings is 1. The predicted molar refractivity (Wildman–Crippen MR) is 107 cm³/mol. The summed E-state index contributed by atoms with van der Waals surface area (Å²) in [4.78, 5) is 7.10. The van der Waals surface area contributed by atoms with Crippen LogP contribution in [0.5, 0.6) is 0 Å². The first kappa shape index (κ1) is 19.1. The van der Waals surface area contributed by atoms with Gasteiger partial charge in [-0.1, -0.05) is 42.8 Å². The van der Waals surface area contributed by atoms with Crippen LogP contribution in [-0.4, -0.2) is 33.6 Å². The van der Waals surface area contributed by atoms with Crippen molar-refractivity contribution in [2.45, 2.75) is 70.1 Å². The summed E-state index contributed by atoms with van der Waals surface area (Å²) in [6.07, 6.45) is 8.53. The van der Waals surface area contributed by atoms with Crippen molar-refractivity contribution in [3.05, 3.63) is 66.0 Å². The summed E-state index contributed by atoms with van der Waals surface area (Å²) in [5.41, 5.74) is 0.658. The standard InChI is InChI=1S/C23H32N2O/c1-19-11-10-12-20(2)25(19)18-9-7-16-23(26,21-13-4-3-5-14-21)22-15-6-8-17-24-22/h3-6,8,13-15,17,19-20,26H,7,9-12,16,18H2,1-2H3/t19-,20-,23-/m1/s1. The highest BCUT2D eigenvalue weighted by atomic mass is 16.3. The highest BCUT2D eigenvalue weighted by molar-refractivity contribution is 5.31. The lowest BCUT2D eigenvalue weighted by Crippen LogP contribution is -2.44. The lowest BCUT2D eigenvalue weighted by atomic mass is 9.85. The minimum absolute atomic E-state index is 0.683. The molecular formula is C23H32N2O. The van der Waals surface area contributed by atoms with E-state index in [1.54, 1.807) is 6.20 Å². The highest BCUT2D eigenvalue weighted by Crippen LogP contribution is 2.33. The number of pyridine rings is 1. The van der Waals surface area contributed by atoms with Crippen molar-refractivity contribution in [2.24, 2.45) is 0 Å².